The van der Waals surface area contributed by atoms with Gasteiger partial charge in [0.15, 0.2) is 0 Å². The van der Waals surface area contributed by atoms with Crippen molar-refractivity contribution in [1.82, 2.24) is 4.90 Å². The zero-order valence-electron chi connectivity index (χ0n) is 9.78. The summed E-state index contributed by atoms with van der Waals surface area (Å²) < 4.78 is 0. The maximum absolute atomic E-state index is 11.0. The Morgan fingerprint density at radius 1 is 1.47 bits per heavy atom. The molecule has 2 unspecified atom stereocenters. The van der Waals surface area contributed by atoms with Crippen LogP contribution >= 0.6 is 0 Å². The van der Waals surface area contributed by atoms with E-state index in [0.717, 1.165) is 25.8 Å². The fourth-order valence-electron chi connectivity index (χ4n) is 2.34. The lowest BCUT2D eigenvalue weighted by molar-refractivity contribution is -0.119. The Balaban J connectivity index is 2.51. The summed E-state index contributed by atoms with van der Waals surface area (Å²) in [6.07, 6.45) is 3.17. The molecule has 0 saturated heterocycles. The van der Waals surface area contributed by atoms with Crippen LogP contribution in [-0.4, -0.2) is 36.0 Å². The van der Waals surface area contributed by atoms with E-state index in [1.165, 1.54) is 0 Å². The lowest BCUT2D eigenvalue weighted by Gasteiger charge is -2.29. The van der Waals surface area contributed by atoms with Crippen LogP contribution in [0.4, 0.5) is 0 Å². The second-order valence-electron chi connectivity index (χ2n) is 5.02. The van der Waals surface area contributed by atoms with Gasteiger partial charge in [-0.15, -0.1) is 0 Å². The molecule has 1 fully saturated rings. The van der Waals surface area contributed by atoms with Crippen molar-refractivity contribution in [2.45, 2.75) is 45.2 Å². The molecule has 0 aromatic heterocycles. The first-order chi connectivity index (χ1) is 6.99. The van der Waals surface area contributed by atoms with Crippen molar-refractivity contribution in [3.8, 4) is 0 Å². The molecule has 1 aliphatic rings. The summed E-state index contributed by atoms with van der Waals surface area (Å²) in [6.45, 7) is 5.61. The molecule has 4 heteroatoms. The highest BCUT2D eigenvalue weighted by Gasteiger charge is 2.28. The van der Waals surface area contributed by atoms with Crippen LogP contribution in [0.15, 0.2) is 0 Å². The van der Waals surface area contributed by atoms with Crippen LogP contribution in [0.2, 0.25) is 0 Å². The third kappa shape index (κ3) is 4.18. The van der Waals surface area contributed by atoms with Gasteiger partial charge in [0, 0.05) is 18.6 Å². The predicted molar refractivity (Wildman–Crippen MR) is 61.2 cm³/mol. The molecule has 4 nitrogen and oxygen atoms in total. The van der Waals surface area contributed by atoms with Crippen LogP contribution in [0.25, 0.3) is 0 Å². The normalized spacial score (nSPS) is 26.5. The van der Waals surface area contributed by atoms with Gasteiger partial charge in [-0.25, -0.2) is 0 Å². The summed E-state index contributed by atoms with van der Waals surface area (Å²) in [6, 6.07) is 0.757. The summed E-state index contributed by atoms with van der Waals surface area (Å²) in [5.74, 6) is 0.317. The molecule has 0 aromatic carbocycles. The molecule has 0 bridgehead atoms. The number of hydrogen-bond donors (Lipinski definition) is 2. The maximum atomic E-state index is 11.0. The van der Waals surface area contributed by atoms with Crippen molar-refractivity contribution in [2.75, 3.05) is 13.1 Å². The lowest BCUT2D eigenvalue weighted by Crippen LogP contribution is -2.42. The molecular formula is C11H23N3O. The average molecular weight is 213 g/mol. The maximum Gasteiger partial charge on any atom is 0.231 e. The molecular weight excluding hydrogens is 190 g/mol. The van der Waals surface area contributed by atoms with Gasteiger partial charge >= 0.3 is 0 Å². The molecule has 15 heavy (non-hydrogen) atoms. The summed E-state index contributed by atoms with van der Waals surface area (Å²) >= 11 is 0. The molecule has 0 heterocycles. The van der Waals surface area contributed by atoms with E-state index in [4.69, 9.17) is 11.5 Å². The first-order valence-electron chi connectivity index (χ1n) is 5.77. The first-order valence-corrected chi connectivity index (χ1v) is 5.77. The highest BCUT2D eigenvalue weighted by Crippen LogP contribution is 2.23. The third-order valence-corrected chi connectivity index (χ3v) is 2.92. The second-order valence-corrected chi connectivity index (χ2v) is 5.02. The largest absolute Gasteiger partial charge is 0.369 e. The molecule has 0 radical (unpaired) electrons. The smallest absolute Gasteiger partial charge is 0.231 e. The van der Waals surface area contributed by atoms with Crippen LogP contribution in [0.1, 0.15) is 33.1 Å². The fourth-order valence-corrected chi connectivity index (χ4v) is 2.34. The van der Waals surface area contributed by atoms with Crippen molar-refractivity contribution in [3.63, 3.8) is 0 Å². The van der Waals surface area contributed by atoms with Gasteiger partial charge in [0.05, 0.1) is 6.54 Å². The molecule has 0 spiro atoms. The molecule has 4 N–H and O–H groups in total. The van der Waals surface area contributed by atoms with E-state index in [1.54, 1.807) is 0 Å². The lowest BCUT2D eigenvalue weighted by atomic mass is 10.1. The molecule has 1 amide bonds. The SMILES string of the molecule is CC(C)CN(CC(N)=O)C1CCC(N)C1. The van der Waals surface area contributed by atoms with Gasteiger partial charge in [-0.2, -0.15) is 0 Å². The molecule has 1 aliphatic carbocycles. The van der Waals surface area contributed by atoms with Crippen LogP contribution in [0.3, 0.4) is 0 Å². The van der Waals surface area contributed by atoms with E-state index in [9.17, 15) is 4.79 Å². The quantitative estimate of drug-likeness (QED) is 0.690. The van der Waals surface area contributed by atoms with Gasteiger partial charge in [-0.1, -0.05) is 13.8 Å². The Hall–Kier alpha value is -0.610. The van der Waals surface area contributed by atoms with Crippen molar-refractivity contribution in [2.24, 2.45) is 17.4 Å². The molecule has 1 rings (SSSR count). The predicted octanol–water partition coefficient (Wildman–Crippen LogP) is 0.310. The topological polar surface area (TPSA) is 72.3 Å². The van der Waals surface area contributed by atoms with Gasteiger partial charge < -0.3 is 11.5 Å². The van der Waals surface area contributed by atoms with Gasteiger partial charge in [-0.3, -0.25) is 9.69 Å². The Labute approximate surface area is 92.0 Å². The minimum atomic E-state index is -0.240. The van der Waals surface area contributed by atoms with Crippen molar-refractivity contribution >= 4 is 5.91 Å². The monoisotopic (exact) mass is 213 g/mol. The summed E-state index contributed by atoms with van der Waals surface area (Å²) in [5.41, 5.74) is 11.1. The number of hydrogen-bond acceptors (Lipinski definition) is 3. The van der Waals surface area contributed by atoms with Crippen LogP contribution in [-0.2, 0) is 4.79 Å². The summed E-state index contributed by atoms with van der Waals surface area (Å²) in [5, 5.41) is 0. The second kappa shape index (κ2) is 5.47. The van der Waals surface area contributed by atoms with E-state index >= 15 is 0 Å². The number of rotatable bonds is 5. The number of carbonyl (C=O) groups excluding carboxylic acids is 1. The number of nitrogens with two attached hydrogens (primary N) is 2. The minimum Gasteiger partial charge on any atom is -0.369 e. The van der Waals surface area contributed by atoms with Crippen molar-refractivity contribution in [1.29, 1.82) is 0 Å². The van der Waals surface area contributed by atoms with E-state index in [0.29, 0.717) is 24.5 Å². The molecule has 0 aliphatic heterocycles. The van der Waals surface area contributed by atoms with Crippen molar-refractivity contribution in [3.05, 3.63) is 0 Å². The van der Waals surface area contributed by atoms with Gasteiger partial charge in [0.25, 0.3) is 0 Å². The van der Waals surface area contributed by atoms with Gasteiger partial charge in [0.1, 0.15) is 0 Å². The van der Waals surface area contributed by atoms with E-state index in [1.807, 2.05) is 0 Å². The highest BCUT2D eigenvalue weighted by molar-refractivity contribution is 5.75. The molecule has 88 valence electrons. The Morgan fingerprint density at radius 2 is 2.13 bits per heavy atom. The van der Waals surface area contributed by atoms with Crippen LogP contribution < -0.4 is 11.5 Å². The van der Waals surface area contributed by atoms with Crippen LogP contribution in [0, 0.1) is 5.92 Å². The number of nitrogens with zero attached hydrogens (tertiary/aromatic N) is 1. The van der Waals surface area contributed by atoms with E-state index < -0.39 is 0 Å². The standard InChI is InChI=1S/C11H23N3O/c1-8(2)6-14(7-11(13)15)10-4-3-9(12)5-10/h8-10H,3-7,12H2,1-2H3,(H2,13,15). The summed E-state index contributed by atoms with van der Waals surface area (Å²) in [7, 11) is 0. The Morgan fingerprint density at radius 3 is 2.53 bits per heavy atom. The zero-order chi connectivity index (χ0) is 11.4. The van der Waals surface area contributed by atoms with Gasteiger partial charge in [0.2, 0.25) is 5.91 Å². The Bertz CT molecular complexity index is 218. The highest BCUT2D eigenvalue weighted by atomic mass is 16.1. The van der Waals surface area contributed by atoms with E-state index in [2.05, 4.69) is 18.7 Å². The molecule has 0 aromatic rings. The van der Waals surface area contributed by atoms with Crippen LogP contribution in [0.5, 0.6) is 0 Å². The first kappa shape index (κ1) is 12.5. The minimum absolute atomic E-state index is 0.240. The zero-order valence-corrected chi connectivity index (χ0v) is 9.78. The number of primary amides is 1. The molecule has 1 saturated carbocycles. The van der Waals surface area contributed by atoms with E-state index in [-0.39, 0.29) is 5.91 Å². The number of carbonyl (C=O) groups is 1. The number of amides is 1. The fraction of sp³-hybridized carbons (Fsp3) is 0.909. The van der Waals surface area contributed by atoms with Gasteiger partial charge in [-0.05, 0) is 25.2 Å². The Kier molecular flexibility index (Phi) is 4.54. The summed E-state index contributed by atoms with van der Waals surface area (Å²) in [4.78, 5) is 13.2. The van der Waals surface area contributed by atoms with Crippen molar-refractivity contribution < 1.29 is 4.79 Å². The molecule has 2 atom stereocenters. The average Bonchev–Trinajstić information content (AvgIpc) is 2.48. The third-order valence-electron chi connectivity index (χ3n) is 2.92.